The molecule has 1 aromatic heterocycles. The van der Waals surface area contributed by atoms with Crippen molar-refractivity contribution in [2.45, 2.75) is 69.7 Å². The molecule has 0 aliphatic carbocycles. The highest BCUT2D eigenvalue weighted by atomic mass is 32.2. The number of nitrogens with two attached hydrogens (primary N) is 1. The Kier molecular flexibility index (Phi) is 8.60. The number of rotatable bonds is 10. The summed E-state index contributed by atoms with van der Waals surface area (Å²) in [6.45, 7) is 13.1. The van der Waals surface area contributed by atoms with E-state index in [2.05, 4.69) is 29.9 Å². The number of nitrogens with one attached hydrogen (secondary N) is 1. The molecule has 32 heavy (non-hydrogen) atoms. The summed E-state index contributed by atoms with van der Waals surface area (Å²) in [5.41, 5.74) is 7.52. The molecule has 178 valence electrons. The normalized spacial score (nSPS) is 13.2. The van der Waals surface area contributed by atoms with Crippen LogP contribution >= 0.6 is 11.8 Å². The van der Waals surface area contributed by atoms with Crippen LogP contribution < -0.4 is 11.1 Å². The Labute approximate surface area is 194 Å². The number of aliphatic carboxylic acids is 1. The Balaban J connectivity index is 2.06. The summed E-state index contributed by atoms with van der Waals surface area (Å²) in [4.78, 5) is 28.7. The molecule has 0 saturated heterocycles. The molecule has 1 atom stereocenters. The van der Waals surface area contributed by atoms with E-state index in [-0.39, 0.29) is 5.75 Å². The molecular formula is C21H34N4O5SSi. The highest BCUT2D eigenvalue weighted by Crippen LogP contribution is 2.30. The number of carbonyl (C=O) groups excluding carboxylic acids is 1. The fraction of sp³-hybridized carbons (Fsp3) is 0.571. The zero-order valence-electron chi connectivity index (χ0n) is 19.6. The van der Waals surface area contributed by atoms with Gasteiger partial charge in [-0.05, 0) is 38.9 Å². The molecular weight excluding hydrogens is 448 g/mol. The third-order valence-corrected chi connectivity index (χ3v) is 7.24. The molecule has 9 nitrogen and oxygen atoms in total. The average molecular weight is 483 g/mol. The number of hydrogen-bond donors (Lipinski definition) is 3. The molecule has 1 amide bonds. The first kappa shape index (κ1) is 26.0. The Morgan fingerprint density at radius 1 is 1.31 bits per heavy atom. The number of fused-ring (bicyclic) bond motifs is 1. The van der Waals surface area contributed by atoms with Crippen LogP contribution in [0.25, 0.3) is 11.0 Å². The molecule has 0 bridgehead atoms. The summed E-state index contributed by atoms with van der Waals surface area (Å²) >= 11 is 1.25. The van der Waals surface area contributed by atoms with Crippen LogP contribution in [0.3, 0.4) is 0 Å². The number of thioether (sulfide) groups is 1. The van der Waals surface area contributed by atoms with Gasteiger partial charge in [-0.1, -0.05) is 19.6 Å². The molecule has 0 fully saturated rings. The molecule has 4 N–H and O–H groups in total. The van der Waals surface area contributed by atoms with Crippen molar-refractivity contribution in [1.29, 1.82) is 0 Å². The number of carboxylic acid groups (broad SMARTS) is 1. The molecule has 0 spiro atoms. The number of carboxylic acids is 1. The van der Waals surface area contributed by atoms with Crippen molar-refractivity contribution in [2.24, 2.45) is 0 Å². The minimum Gasteiger partial charge on any atom is -0.480 e. The maximum atomic E-state index is 12.0. The summed E-state index contributed by atoms with van der Waals surface area (Å²) in [5.74, 6) is -1.06. The highest BCUT2D eigenvalue weighted by molar-refractivity contribution is 7.99. The second kappa shape index (κ2) is 10.6. The van der Waals surface area contributed by atoms with E-state index in [1.165, 1.54) is 11.8 Å². The van der Waals surface area contributed by atoms with Crippen molar-refractivity contribution in [2.75, 3.05) is 18.1 Å². The number of benzene rings is 1. The minimum atomic E-state index is -1.16. The van der Waals surface area contributed by atoms with Crippen molar-refractivity contribution in [3.8, 4) is 0 Å². The number of hydrogen-bond acceptors (Lipinski definition) is 7. The van der Waals surface area contributed by atoms with Gasteiger partial charge in [-0.15, -0.1) is 11.8 Å². The molecule has 11 heteroatoms. The lowest BCUT2D eigenvalue weighted by molar-refractivity contribution is -0.138. The second-order valence-corrected chi connectivity index (χ2v) is 16.5. The van der Waals surface area contributed by atoms with Gasteiger partial charge in [-0.2, -0.15) is 0 Å². The topological polar surface area (TPSA) is 129 Å². The van der Waals surface area contributed by atoms with Gasteiger partial charge in [0, 0.05) is 31.0 Å². The smallest absolute Gasteiger partial charge is 0.408 e. The molecule has 1 heterocycles. The van der Waals surface area contributed by atoms with Crippen molar-refractivity contribution >= 4 is 48.6 Å². The number of aromatic nitrogens is 2. The van der Waals surface area contributed by atoms with Crippen molar-refractivity contribution in [3.05, 3.63) is 18.5 Å². The lowest BCUT2D eigenvalue weighted by Crippen LogP contribution is -2.44. The summed E-state index contributed by atoms with van der Waals surface area (Å²) < 4.78 is 12.9. The third-order valence-electron chi connectivity index (χ3n) is 4.37. The lowest BCUT2D eigenvalue weighted by Gasteiger charge is -2.22. The summed E-state index contributed by atoms with van der Waals surface area (Å²) in [7, 11) is -1.16. The van der Waals surface area contributed by atoms with Gasteiger partial charge in [-0.25, -0.2) is 14.6 Å². The summed E-state index contributed by atoms with van der Waals surface area (Å²) in [6, 6.07) is 3.58. The zero-order chi connectivity index (χ0) is 24.1. The fourth-order valence-electron chi connectivity index (χ4n) is 2.67. The van der Waals surface area contributed by atoms with Gasteiger partial charge >= 0.3 is 12.1 Å². The number of nitrogens with zero attached hydrogens (tertiary/aromatic N) is 2. The van der Waals surface area contributed by atoms with E-state index in [0.29, 0.717) is 23.9 Å². The van der Waals surface area contributed by atoms with E-state index in [9.17, 15) is 14.7 Å². The van der Waals surface area contributed by atoms with Gasteiger partial charge in [0.2, 0.25) is 0 Å². The Hall–Kier alpha value is -2.24. The molecule has 1 aromatic carbocycles. The first-order valence-electron chi connectivity index (χ1n) is 10.4. The number of nitrogen functional groups attached to an aromatic ring is 1. The van der Waals surface area contributed by atoms with Crippen molar-refractivity contribution in [1.82, 2.24) is 14.9 Å². The Morgan fingerprint density at radius 3 is 2.59 bits per heavy atom. The highest BCUT2D eigenvalue weighted by Gasteiger charge is 2.24. The number of anilines is 1. The van der Waals surface area contributed by atoms with E-state index >= 15 is 0 Å². The van der Waals surface area contributed by atoms with E-state index in [4.69, 9.17) is 15.2 Å². The van der Waals surface area contributed by atoms with E-state index < -0.39 is 31.8 Å². The van der Waals surface area contributed by atoms with Crippen LogP contribution in [0.4, 0.5) is 10.5 Å². The van der Waals surface area contributed by atoms with Crippen LogP contribution in [-0.2, 0) is 21.0 Å². The number of carbonyl (C=O) groups is 2. The van der Waals surface area contributed by atoms with Gasteiger partial charge in [0.15, 0.2) is 0 Å². The van der Waals surface area contributed by atoms with E-state index in [1.807, 2.05) is 10.6 Å². The number of ether oxygens (including phenoxy) is 2. The van der Waals surface area contributed by atoms with Crippen molar-refractivity contribution in [3.63, 3.8) is 0 Å². The van der Waals surface area contributed by atoms with Gasteiger partial charge in [-0.3, -0.25) is 0 Å². The van der Waals surface area contributed by atoms with Gasteiger partial charge in [0.25, 0.3) is 0 Å². The maximum Gasteiger partial charge on any atom is 0.408 e. The van der Waals surface area contributed by atoms with Crippen molar-refractivity contribution < 1.29 is 24.2 Å². The molecule has 2 aromatic rings. The minimum absolute atomic E-state index is 0.0884. The molecule has 0 saturated carbocycles. The first-order chi connectivity index (χ1) is 14.7. The van der Waals surface area contributed by atoms with Gasteiger partial charge < -0.3 is 30.2 Å². The SMILES string of the molecule is CC(C)(C)OC(=O)N[C@@H](CSc1cc2c(cc1N)ncn2COCC[Si](C)(C)C)C(=O)O. The van der Waals surface area contributed by atoms with E-state index in [1.54, 1.807) is 33.2 Å². The molecule has 0 aliphatic heterocycles. The standard InChI is InChI=1S/C21H34N4O5SSi/c1-21(2,3)30-20(28)24-16(19(26)27)11-31-18-10-17-15(9-14(18)22)23-12-25(17)13-29-7-8-32(4,5)6/h9-10,12,16H,7-8,11,13,22H2,1-6H3,(H,24,28)(H,26,27)/t16-/m0/s1. The molecule has 0 aliphatic rings. The van der Waals surface area contributed by atoms with E-state index in [0.717, 1.165) is 17.1 Å². The summed E-state index contributed by atoms with van der Waals surface area (Å²) in [5, 5.41) is 11.9. The predicted octanol–water partition coefficient (Wildman–Crippen LogP) is 4.00. The number of imidazole rings is 1. The van der Waals surface area contributed by atoms with Gasteiger partial charge in [0.05, 0.1) is 17.4 Å². The molecule has 0 radical (unpaired) electrons. The van der Waals surface area contributed by atoms with Crippen LogP contribution in [0.2, 0.25) is 25.7 Å². The molecule has 0 unspecified atom stereocenters. The van der Waals surface area contributed by atoms with Crippen LogP contribution in [0.1, 0.15) is 20.8 Å². The monoisotopic (exact) mass is 482 g/mol. The van der Waals surface area contributed by atoms with Crippen LogP contribution in [0, 0.1) is 0 Å². The summed E-state index contributed by atoms with van der Waals surface area (Å²) in [6.07, 6.45) is 0.930. The quantitative estimate of drug-likeness (QED) is 0.201. The molecule has 2 rings (SSSR count). The van der Waals surface area contributed by atoms with Crippen LogP contribution in [0.5, 0.6) is 0 Å². The number of amides is 1. The second-order valence-electron chi connectivity index (χ2n) is 9.79. The fourth-order valence-corrected chi connectivity index (χ4v) is 4.42. The largest absolute Gasteiger partial charge is 0.480 e. The maximum absolute atomic E-state index is 12.0. The third kappa shape index (κ3) is 8.36. The number of alkyl carbamates (subject to hydrolysis) is 1. The Morgan fingerprint density at radius 2 is 2.00 bits per heavy atom. The van der Waals surface area contributed by atoms with Crippen LogP contribution in [0.15, 0.2) is 23.4 Å². The lowest BCUT2D eigenvalue weighted by atomic mass is 10.2. The van der Waals surface area contributed by atoms with Crippen LogP contribution in [-0.4, -0.2) is 58.8 Å². The Bertz CT molecular complexity index is 952. The van der Waals surface area contributed by atoms with Gasteiger partial charge in [0.1, 0.15) is 18.4 Å². The average Bonchev–Trinajstić information content (AvgIpc) is 3.01. The first-order valence-corrected chi connectivity index (χ1v) is 15.1. The predicted molar refractivity (Wildman–Crippen MR) is 130 cm³/mol. The zero-order valence-corrected chi connectivity index (χ0v) is 21.4.